The van der Waals surface area contributed by atoms with Gasteiger partial charge in [-0.1, -0.05) is 12.1 Å². The van der Waals surface area contributed by atoms with Crippen molar-refractivity contribution in [3.8, 4) is 0 Å². The third kappa shape index (κ3) is 3.90. The van der Waals surface area contributed by atoms with Gasteiger partial charge in [0.1, 0.15) is 6.20 Å². The molecule has 1 fully saturated rings. The second kappa shape index (κ2) is 7.38. The number of anilines is 1. The summed E-state index contributed by atoms with van der Waals surface area (Å²) in [7, 11) is 0. The van der Waals surface area contributed by atoms with E-state index in [2.05, 4.69) is 46.9 Å². The molecule has 0 saturated carbocycles. The second-order valence-electron chi connectivity index (χ2n) is 6.37. The molecule has 2 N–H and O–H groups in total. The van der Waals surface area contributed by atoms with Crippen LogP contribution in [0.25, 0.3) is 0 Å². The van der Waals surface area contributed by atoms with Gasteiger partial charge in [-0.15, -0.1) is 0 Å². The van der Waals surface area contributed by atoms with Crippen LogP contribution in [0, 0.1) is 24.0 Å². The minimum absolute atomic E-state index is 0.0651. The quantitative estimate of drug-likeness (QED) is 0.393. The van der Waals surface area contributed by atoms with Gasteiger partial charge in [-0.3, -0.25) is 10.1 Å². The number of benzene rings is 1. The number of guanidine groups is 1. The number of aryl methyl sites for hydroxylation is 2. The lowest BCUT2D eigenvalue weighted by Crippen LogP contribution is -2.51. The zero-order chi connectivity index (χ0) is 18.7. The normalized spacial score (nSPS) is 15.2. The van der Waals surface area contributed by atoms with Gasteiger partial charge in [0.25, 0.3) is 5.69 Å². The summed E-state index contributed by atoms with van der Waals surface area (Å²) in [6, 6.07) is 9.35. The van der Waals surface area contributed by atoms with Gasteiger partial charge in [0.2, 0.25) is 0 Å². The van der Waals surface area contributed by atoms with Gasteiger partial charge in [0, 0.05) is 37.9 Å². The van der Waals surface area contributed by atoms with E-state index in [4.69, 9.17) is 5.73 Å². The van der Waals surface area contributed by atoms with Gasteiger partial charge in [-0.25, -0.2) is 4.98 Å². The van der Waals surface area contributed by atoms with Crippen LogP contribution in [-0.2, 0) is 0 Å². The Bertz CT molecular complexity index is 826. The molecule has 0 bridgehead atoms. The highest BCUT2D eigenvalue weighted by Gasteiger charge is 2.20. The molecule has 0 amide bonds. The highest BCUT2D eigenvalue weighted by Crippen LogP contribution is 2.23. The number of rotatable bonds is 3. The van der Waals surface area contributed by atoms with E-state index in [-0.39, 0.29) is 5.69 Å². The first-order valence-corrected chi connectivity index (χ1v) is 8.46. The average molecular weight is 354 g/mol. The molecule has 26 heavy (non-hydrogen) atoms. The number of hydrogen-bond donors (Lipinski definition) is 1. The Morgan fingerprint density at radius 1 is 1.19 bits per heavy atom. The molecule has 2 aromatic rings. The van der Waals surface area contributed by atoms with Crippen LogP contribution in [0.4, 0.5) is 17.2 Å². The largest absolute Gasteiger partial charge is 0.369 e. The van der Waals surface area contributed by atoms with Gasteiger partial charge >= 0.3 is 0 Å². The summed E-state index contributed by atoms with van der Waals surface area (Å²) < 4.78 is 0. The van der Waals surface area contributed by atoms with Crippen LogP contribution >= 0.6 is 0 Å². The predicted molar refractivity (Wildman–Crippen MR) is 102 cm³/mol. The number of hydrogen-bond acceptors (Lipinski definition) is 5. The Morgan fingerprint density at radius 2 is 1.92 bits per heavy atom. The van der Waals surface area contributed by atoms with Gasteiger partial charge in [0.15, 0.2) is 11.8 Å². The van der Waals surface area contributed by atoms with Crippen LogP contribution in [-0.4, -0.2) is 46.9 Å². The molecule has 0 spiro atoms. The smallest absolute Gasteiger partial charge is 0.287 e. The number of aromatic nitrogens is 1. The molecule has 2 heterocycles. The van der Waals surface area contributed by atoms with Crippen molar-refractivity contribution in [2.75, 3.05) is 31.1 Å². The zero-order valence-electron chi connectivity index (χ0n) is 14.9. The minimum atomic E-state index is -0.490. The third-order valence-corrected chi connectivity index (χ3v) is 4.48. The fraction of sp³-hybridized carbons (Fsp3) is 0.333. The van der Waals surface area contributed by atoms with Crippen molar-refractivity contribution in [2.45, 2.75) is 13.8 Å². The van der Waals surface area contributed by atoms with E-state index < -0.39 is 4.92 Å². The molecule has 1 saturated heterocycles. The van der Waals surface area contributed by atoms with E-state index in [1.54, 1.807) is 0 Å². The fourth-order valence-electron chi connectivity index (χ4n) is 2.98. The summed E-state index contributed by atoms with van der Waals surface area (Å²) in [6.45, 7) is 7.45. The van der Waals surface area contributed by atoms with Crippen LogP contribution in [0.5, 0.6) is 0 Å². The maximum absolute atomic E-state index is 10.7. The number of pyridine rings is 1. The Balaban J connectivity index is 1.65. The van der Waals surface area contributed by atoms with Crippen LogP contribution in [0.15, 0.2) is 41.5 Å². The van der Waals surface area contributed by atoms with E-state index in [0.29, 0.717) is 11.8 Å². The monoisotopic (exact) mass is 354 g/mol. The topological polar surface area (TPSA) is 101 Å². The van der Waals surface area contributed by atoms with E-state index in [1.807, 2.05) is 4.90 Å². The van der Waals surface area contributed by atoms with Crippen molar-refractivity contribution in [3.63, 3.8) is 0 Å². The first-order valence-electron chi connectivity index (χ1n) is 8.46. The van der Waals surface area contributed by atoms with Crippen molar-refractivity contribution in [1.29, 1.82) is 0 Å². The molecule has 1 aromatic heterocycles. The standard InChI is InChI=1S/C18H22N6O2/c1-13-3-4-14(2)16(11-13)22-7-9-23(10-8-22)18(19)21-17-6-5-15(12-20-17)24(25)26/h3-6,11-12H,7-10H2,1-2H3,(H2,19,20,21). The Kier molecular flexibility index (Phi) is 5.01. The van der Waals surface area contributed by atoms with Gasteiger partial charge in [0.05, 0.1) is 4.92 Å². The molecule has 136 valence electrons. The zero-order valence-corrected chi connectivity index (χ0v) is 14.9. The van der Waals surface area contributed by atoms with Crippen LogP contribution in [0.3, 0.4) is 0 Å². The van der Waals surface area contributed by atoms with Gasteiger partial charge < -0.3 is 15.5 Å². The van der Waals surface area contributed by atoms with Crippen molar-refractivity contribution in [2.24, 2.45) is 10.7 Å². The van der Waals surface area contributed by atoms with E-state index >= 15 is 0 Å². The van der Waals surface area contributed by atoms with Crippen molar-refractivity contribution < 1.29 is 4.92 Å². The molecular weight excluding hydrogens is 332 g/mol. The number of nitrogens with zero attached hydrogens (tertiary/aromatic N) is 5. The molecular formula is C18H22N6O2. The van der Waals surface area contributed by atoms with Crippen LogP contribution < -0.4 is 10.6 Å². The maximum atomic E-state index is 10.7. The summed E-state index contributed by atoms with van der Waals surface area (Å²) in [5.41, 5.74) is 9.81. The molecule has 0 atom stereocenters. The highest BCUT2D eigenvalue weighted by molar-refractivity contribution is 5.81. The summed E-state index contributed by atoms with van der Waals surface area (Å²) in [5, 5.41) is 10.7. The second-order valence-corrected chi connectivity index (χ2v) is 6.37. The molecule has 0 radical (unpaired) electrons. The predicted octanol–water partition coefficient (Wildman–Crippen LogP) is 2.38. The molecule has 1 aliphatic rings. The first-order chi connectivity index (χ1) is 12.4. The first kappa shape index (κ1) is 17.7. The number of nitro groups is 1. The summed E-state index contributed by atoms with van der Waals surface area (Å²) in [5.74, 6) is 0.747. The SMILES string of the molecule is Cc1ccc(C)c(N2CCN(C(N)=Nc3ccc([N+](=O)[O-])cn3)CC2)c1. The molecule has 1 aliphatic heterocycles. The lowest BCUT2D eigenvalue weighted by atomic mass is 10.1. The van der Waals surface area contributed by atoms with Crippen molar-refractivity contribution >= 4 is 23.2 Å². The third-order valence-electron chi connectivity index (χ3n) is 4.48. The summed E-state index contributed by atoms with van der Waals surface area (Å²) in [4.78, 5) is 22.8. The molecule has 3 rings (SSSR count). The Morgan fingerprint density at radius 3 is 2.54 bits per heavy atom. The summed E-state index contributed by atoms with van der Waals surface area (Å²) >= 11 is 0. The Hall–Kier alpha value is -3.16. The fourth-order valence-corrected chi connectivity index (χ4v) is 2.98. The Labute approximate surface area is 152 Å². The lowest BCUT2D eigenvalue weighted by molar-refractivity contribution is -0.385. The molecule has 8 nitrogen and oxygen atoms in total. The lowest BCUT2D eigenvalue weighted by Gasteiger charge is -2.37. The van der Waals surface area contributed by atoms with Gasteiger partial charge in [-0.05, 0) is 37.1 Å². The molecule has 0 unspecified atom stereocenters. The highest BCUT2D eigenvalue weighted by atomic mass is 16.6. The number of piperazine rings is 1. The van der Waals surface area contributed by atoms with E-state index in [1.165, 1.54) is 35.1 Å². The van der Waals surface area contributed by atoms with Crippen molar-refractivity contribution in [3.05, 3.63) is 57.8 Å². The molecule has 1 aromatic carbocycles. The van der Waals surface area contributed by atoms with E-state index in [9.17, 15) is 10.1 Å². The number of aliphatic imine (C=N–C) groups is 1. The van der Waals surface area contributed by atoms with Crippen LogP contribution in [0.2, 0.25) is 0 Å². The number of nitrogens with two attached hydrogens (primary N) is 1. The molecule has 8 heteroatoms. The van der Waals surface area contributed by atoms with E-state index in [0.717, 1.165) is 26.2 Å². The molecule has 0 aliphatic carbocycles. The van der Waals surface area contributed by atoms with Crippen molar-refractivity contribution in [1.82, 2.24) is 9.88 Å². The van der Waals surface area contributed by atoms with Crippen LogP contribution in [0.1, 0.15) is 11.1 Å². The minimum Gasteiger partial charge on any atom is -0.369 e. The van der Waals surface area contributed by atoms with Gasteiger partial charge in [-0.2, -0.15) is 4.99 Å². The summed E-state index contributed by atoms with van der Waals surface area (Å²) in [6.07, 6.45) is 1.19. The maximum Gasteiger partial charge on any atom is 0.287 e. The average Bonchev–Trinajstić information content (AvgIpc) is 2.64.